The molecule has 1 aliphatic heterocycles. The quantitative estimate of drug-likeness (QED) is 0.596. The first kappa shape index (κ1) is 13.2. The van der Waals surface area contributed by atoms with Crippen molar-refractivity contribution in [2.75, 3.05) is 13.7 Å². The van der Waals surface area contributed by atoms with Gasteiger partial charge in [0.25, 0.3) is 11.8 Å². The zero-order chi connectivity index (χ0) is 14.0. The Balaban J connectivity index is 2.07. The van der Waals surface area contributed by atoms with Crippen molar-refractivity contribution in [1.82, 2.24) is 5.06 Å². The van der Waals surface area contributed by atoms with Crippen molar-refractivity contribution in [1.29, 1.82) is 0 Å². The van der Waals surface area contributed by atoms with Crippen LogP contribution in [0.1, 0.15) is 20.7 Å². The molecule has 1 N–H and O–H groups in total. The molecule has 0 radical (unpaired) electrons. The minimum atomic E-state index is -1.56. The Morgan fingerprint density at radius 3 is 2.26 bits per heavy atom. The molecule has 0 saturated heterocycles. The van der Waals surface area contributed by atoms with E-state index in [0.717, 1.165) is 7.11 Å². The summed E-state index contributed by atoms with van der Waals surface area (Å²) < 4.78 is 4.29. The van der Waals surface area contributed by atoms with Gasteiger partial charge in [-0.25, -0.2) is 4.79 Å². The van der Waals surface area contributed by atoms with Crippen LogP contribution in [0.15, 0.2) is 24.3 Å². The Kier molecular flexibility index (Phi) is 3.59. The molecule has 1 atom stereocenters. The minimum absolute atomic E-state index is 0.222. The van der Waals surface area contributed by atoms with Crippen LogP contribution in [0.3, 0.4) is 0 Å². The molecule has 2 rings (SSSR count). The topological polar surface area (TPSA) is 93.1 Å². The van der Waals surface area contributed by atoms with Crippen LogP contribution in [-0.2, 0) is 14.4 Å². The first-order valence-electron chi connectivity index (χ1n) is 5.43. The summed E-state index contributed by atoms with van der Waals surface area (Å²) in [5.41, 5.74) is 0.445. The van der Waals surface area contributed by atoms with E-state index in [-0.39, 0.29) is 11.1 Å². The third-order valence-corrected chi connectivity index (χ3v) is 2.59. The summed E-state index contributed by atoms with van der Waals surface area (Å²) in [6.07, 6.45) is -1.56. The zero-order valence-electron chi connectivity index (χ0n) is 10.0. The molecule has 1 unspecified atom stereocenters. The lowest BCUT2D eigenvalue weighted by atomic mass is 10.1. The number of methoxy groups -OCH3 is 1. The number of imide groups is 1. The van der Waals surface area contributed by atoms with E-state index in [1.54, 1.807) is 12.1 Å². The van der Waals surface area contributed by atoms with Crippen LogP contribution in [0, 0.1) is 0 Å². The van der Waals surface area contributed by atoms with Gasteiger partial charge in [0.1, 0.15) is 6.61 Å². The maximum absolute atomic E-state index is 11.8. The monoisotopic (exact) mass is 265 g/mol. The van der Waals surface area contributed by atoms with Crippen LogP contribution in [0.2, 0.25) is 0 Å². The number of benzene rings is 1. The average molecular weight is 265 g/mol. The van der Waals surface area contributed by atoms with Gasteiger partial charge >= 0.3 is 5.97 Å². The largest absolute Gasteiger partial charge is 0.467 e. The highest BCUT2D eigenvalue weighted by molar-refractivity contribution is 6.20. The van der Waals surface area contributed by atoms with Crippen molar-refractivity contribution in [2.45, 2.75) is 6.10 Å². The van der Waals surface area contributed by atoms with Gasteiger partial charge in [-0.15, -0.1) is 5.06 Å². The van der Waals surface area contributed by atoms with Crippen LogP contribution in [-0.4, -0.2) is 47.8 Å². The van der Waals surface area contributed by atoms with E-state index in [0.29, 0.717) is 5.06 Å². The molecule has 0 saturated carbocycles. The second-order valence-corrected chi connectivity index (χ2v) is 3.78. The van der Waals surface area contributed by atoms with Gasteiger partial charge in [-0.05, 0) is 12.1 Å². The molecule has 0 aliphatic carbocycles. The number of aliphatic hydroxyl groups is 1. The van der Waals surface area contributed by atoms with E-state index >= 15 is 0 Å². The van der Waals surface area contributed by atoms with Gasteiger partial charge in [0.05, 0.1) is 18.2 Å². The van der Waals surface area contributed by atoms with Crippen molar-refractivity contribution < 1.29 is 29.1 Å². The highest BCUT2D eigenvalue weighted by Crippen LogP contribution is 2.22. The Bertz CT molecular complexity index is 506. The number of amides is 2. The molecule has 0 spiro atoms. The number of fused-ring (bicyclic) bond motifs is 1. The molecule has 1 heterocycles. The Morgan fingerprint density at radius 2 is 1.79 bits per heavy atom. The molecule has 0 aromatic heterocycles. The van der Waals surface area contributed by atoms with Crippen LogP contribution in [0.4, 0.5) is 0 Å². The summed E-state index contributed by atoms with van der Waals surface area (Å²) >= 11 is 0. The van der Waals surface area contributed by atoms with Crippen molar-refractivity contribution in [3.05, 3.63) is 35.4 Å². The Hall–Kier alpha value is -2.25. The summed E-state index contributed by atoms with van der Waals surface area (Å²) in [4.78, 5) is 39.5. The molecule has 7 nitrogen and oxygen atoms in total. The lowest BCUT2D eigenvalue weighted by Crippen LogP contribution is -2.36. The van der Waals surface area contributed by atoms with E-state index in [2.05, 4.69) is 4.74 Å². The average Bonchev–Trinajstić information content (AvgIpc) is 2.68. The van der Waals surface area contributed by atoms with E-state index in [9.17, 15) is 19.5 Å². The summed E-state index contributed by atoms with van der Waals surface area (Å²) in [5, 5.41) is 9.84. The summed E-state index contributed by atoms with van der Waals surface area (Å²) in [7, 11) is 1.10. The number of ether oxygens (including phenoxy) is 1. The highest BCUT2D eigenvalue weighted by atomic mass is 16.7. The number of carbonyl (C=O) groups is 3. The first-order valence-corrected chi connectivity index (χ1v) is 5.43. The fourth-order valence-corrected chi connectivity index (χ4v) is 1.63. The molecule has 2 amide bonds. The third-order valence-electron chi connectivity index (χ3n) is 2.59. The van der Waals surface area contributed by atoms with Gasteiger partial charge in [-0.1, -0.05) is 12.1 Å². The Labute approximate surface area is 108 Å². The van der Waals surface area contributed by atoms with Crippen LogP contribution >= 0.6 is 0 Å². The molecule has 1 aromatic rings. The van der Waals surface area contributed by atoms with Crippen molar-refractivity contribution >= 4 is 17.8 Å². The van der Waals surface area contributed by atoms with Crippen molar-refractivity contribution in [3.63, 3.8) is 0 Å². The predicted molar refractivity (Wildman–Crippen MR) is 60.9 cm³/mol. The molecule has 19 heavy (non-hydrogen) atoms. The smallest absolute Gasteiger partial charge is 0.337 e. The number of esters is 1. The fraction of sp³-hybridized carbons (Fsp3) is 0.250. The van der Waals surface area contributed by atoms with Gasteiger partial charge in [0.2, 0.25) is 0 Å². The molecule has 7 heteroatoms. The zero-order valence-corrected chi connectivity index (χ0v) is 10.0. The molecule has 100 valence electrons. The van der Waals surface area contributed by atoms with Crippen LogP contribution in [0.25, 0.3) is 0 Å². The summed E-state index contributed by atoms with van der Waals surface area (Å²) in [6, 6.07) is 6.24. The van der Waals surface area contributed by atoms with Crippen molar-refractivity contribution in [2.24, 2.45) is 0 Å². The maximum atomic E-state index is 11.8. The SMILES string of the molecule is COC(=O)C(O)CON1C(=O)c2ccccc2C1=O. The van der Waals surface area contributed by atoms with E-state index in [4.69, 9.17) is 4.84 Å². The lowest BCUT2D eigenvalue weighted by Gasteiger charge is -2.15. The highest BCUT2D eigenvalue weighted by Gasteiger charge is 2.37. The number of hydrogen-bond acceptors (Lipinski definition) is 6. The van der Waals surface area contributed by atoms with Crippen LogP contribution in [0.5, 0.6) is 0 Å². The third kappa shape index (κ3) is 2.33. The first-order chi connectivity index (χ1) is 9.06. The maximum Gasteiger partial charge on any atom is 0.337 e. The van der Waals surface area contributed by atoms with Gasteiger partial charge in [-0.2, -0.15) is 0 Å². The van der Waals surface area contributed by atoms with Gasteiger partial charge in [-0.3, -0.25) is 14.4 Å². The minimum Gasteiger partial charge on any atom is -0.467 e. The standard InChI is InChI=1S/C12H11NO6/c1-18-12(17)9(14)6-19-13-10(15)7-4-2-3-5-8(7)11(13)16/h2-5,9,14H,6H2,1H3. The van der Waals surface area contributed by atoms with Gasteiger partial charge in [0, 0.05) is 0 Å². The number of rotatable bonds is 4. The van der Waals surface area contributed by atoms with E-state index < -0.39 is 30.5 Å². The second kappa shape index (κ2) is 5.17. The number of aliphatic hydroxyl groups excluding tert-OH is 1. The van der Waals surface area contributed by atoms with E-state index in [1.165, 1.54) is 12.1 Å². The normalized spacial score (nSPS) is 15.4. The molecular formula is C12H11NO6. The van der Waals surface area contributed by atoms with E-state index in [1.807, 2.05) is 0 Å². The molecule has 0 fully saturated rings. The summed E-state index contributed by atoms with van der Waals surface area (Å²) in [5.74, 6) is -2.16. The predicted octanol–water partition coefficient (Wildman–Crippen LogP) is -0.252. The second-order valence-electron chi connectivity index (χ2n) is 3.78. The lowest BCUT2D eigenvalue weighted by molar-refractivity contribution is -0.163. The molecule has 0 bridgehead atoms. The molecule has 1 aromatic carbocycles. The number of hydroxylamine groups is 2. The number of hydrogen-bond donors (Lipinski definition) is 1. The van der Waals surface area contributed by atoms with Crippen LogP contribution < -0.4 is 0 Å². The molecular weight excluding hydrogens is 254 g/mol. The van der Waals surface area contributed by atoms with Gasteiger partial charge in [0.15, 0.2) is 6.10 Å². The van der Waals surface area contributed by atoms with Gasteiger partial charge < -0.3 is 9.84 Å². The molecule has 1 aliphatic rings. The summed E-state index contributed by atoms with van der Waals surface area (Å²) in [6.45, 7) is -0.544. The fourth-order valence-electron chi connectivity index (χ4n) is 1.63. The number of carbonyl (C=O) groups excluding carboxylic acids is 3. The van der Waals surface area contributed by atoms with Crippen molar-refractivity contribution in [3.8, 4) is 0 Å². The Morgan fingerprint density at radius 1 is 1.26 bits per heavy atom. The number of nitrogens with zero attached hydrogens (tertiary/aromatic N) is 1.